The molecule has 0 aliphatic carbocycles. The Hall–Kier alpha value is -1.44. The summed E-state index contributed by atoms with van der Waals surface area (Å²) in [6.07, 6.45) is 1.67. The second kappa shape index (κ2) is 6.21. The first-order valence-corrected chi connectivity index (χ1v) is 5.80. The van der Waals surface area contributed by atoms with Crippen molar-refractivity contribution in [2.24, 2.45) is 5.92 Å². The summed E-state index contributed by atoms with van der Waals surface area (Å²) in [6.45, 7) is 3.97. The maximum Gasteiger partial charge on any atom is 0.170 e. The van der Waals surface area contributed by atoms with Gasteiger partial charge in [-0.3, -0.25) is 9.59 Å². The maximum atomic E-state index is 11.8. The van der Waals surface area contributed by atoms with Gasteiger partial charge in [-0.1, -0.05) is 44.2 Å². The average Bonchev–Trinajstić information content (AvgIpc) is 2.31. The zero-order valence-corrected chi connectivity index (χ0v) is 9.90. The van der Waals surface area contributed by atoms with Crippen LogP contribution >= 0.6 is 0 Å². The van der Waals surface area contributed by atoms with Crippen molar-refractivity contribution in [2.75, 3.05) is 0 Å². The van der Waals surface area contributed by atoms with Crippen LogP contribution in [0.4, 0.5) is 0 Å². The Morgan fingerprint density at radius 2 is 1.62 bits per heavy atom. The van der Waals surface area contributed by atoms with Crippen LogP contribution in [0.1, 0.15) is 43.5 Å². The molecule has 0 aliphatic rings. The summed E-state index contributed by atoms with van der Waals surface area (Å²) in [5, 5.41) is 0. The molecule has 0 bridgehead atoms. The van der Waals surface area contributed by atoms with Crippen molar-refractivity contribution in [3.63, 3.8) is 0 Å². The van der Waals surface area contributed by atoms with E-state index in [0.717, 1.165) is 12.8 Å². The largest absolute Gasteiger partial charge is 0.299 e. The van der Waals surface area contributed by atoms with Crippen LogP contribution < -0.4 is 0 Å². The number of carbonyl (C=O) groups excluding carboxylic acids is 2. The van der Waals surface area contributed by atoms with Crippen molar-refractivity contribution in [2.45, 2.75) is 33.1 Å². The van der Waals surface area contributed by atoms with Gasteiger partial charge in [0.25, 0.3) is 0 Å². The van der Waals surface area contributed by atoms with E-state index < -0.39 is 0 Å². The third-order valence-electron chi connectivity index (χ3n) is 2.87. The van der Waals surface area contributed by atoms with Gasteiger partial charge in [0, 0.05) is 11.5 Å². The van der Waals surface area contributed by atoms with Gasteiger partial charge in [-0.25, -0.2) is 0 Å². The van der Waals surface area contributed by atoms with E-state index >= 15 is 0 Å². The summed E-state index contributed by atoms with van der Waals surface area (Å²) >= 11 is 0. The molecule has 0 N–H and O–H groups in total. The summed E-state index contributed by atoms with van der Waals surface area (Å²) in [5.74, 6) is 0.0315. The van der Waals surface area contributed by atoms with Gasteiger partial charge in [-0.05, 0) is 12.8 Å². The Bertz CT molecular complexity index is 350. The molecule has 0 heterocycles. The van der Waals surface area contributed by atoms with Gasteiger partial charge in [0.15, 0.2) is 5.78 Å². The lowest BCUT2D eigenvalue weighted by Gasteiger charge is -2.09. The summed E-state index contributed by atoms with van der Waals surface area (Å²) in [5.41, 5.74) is 0.627. The molecule has 0 spiro atoms. The normalized spacial score (nSPS) is 10.4. The van der Waals surface area contributed by atoms with Gasteiger partial charge in [-0.2, -0.15) is 0 Å². The predicted molar refractivity (Wildman–Crippen MR) is 64.5 cm³/mol. The highest BCUT2D eigenvalue weighted by molar-refractivity contribution is 6.08. The molecular weight excluding hydrogens is 200 g/mol. The predicted octanol–water partition coefficient (Wildman–Crippen LogP) is 3.26. The number of benzene rings is 1. The number of ketones is 2. The monoisotopic (exact) mass is 218 g/mol. The molecule has 0 aliphatic heterocycles. The van der Waals surface area contributed by atoms with Gasteiger partial charge in [0.1, 0.15) is 5.78 Å². The molecule has 0 saturated heterocycles. The van der Waals surface area contributed by atoms with Gasteiger partial charge in [-0.15, -0.1) is 0 Å². The fraction of sp³-hybridized carbons (Fsp3) is 0.429. The molecule has 1 aromatic carbocycles. The quantitative estimate of drug-likeness (QED) is 0.542. The van der Waals surface area contributed by atoms with Crippen LogP contribution in [0.25, 0.3) is 0 Å². The standard InChI is InChI=1S/C14H18O2/c1-3-11(4-2)13(15)10-14(16)12-8-6-5-7-9-12/h5-9,11H,3-4,10H2,1-2H3. The molecule has 1 rings (SSSR count). The Kier molecular flexibility index (Phi) is 4.90. The van der Waals surface area contributed by atoms with Crippen LogP contribution in [0.2, 0.25) is 0 Å². The van der Waals surface area contributed by atoms with E-state index in [0.29, 0.717) is 5.56 Å². The molecule has 0 radical (unpaired) electrons. The Morgan fingerprint density at radius 3 is 2.12 bits per heavy atom. The van der Waals surface area contributed by atoms with Crippen LogP contribution in [0, 0.1) is 5.92 Å². The molecular formula is C14H18O2. The minimum Gasteiger partial charge on any atom is -0.299 e. The van der Waals surface area contributed by atoms with Crippen molar-refractivity contribution in [1.29, 1.82) is 0 Å². The maximum absolute atomic E-state index is 11.8. The Balaban J connectivity index is 2.62. The van der Waals surface area contributed by atoms with Crippen LogP contribution in [-0.2, 0) is 4.79 Å². The molecule has 0 unspecified atom stereocenters. The van der Waals surface area contributed by atoms with E-state index in [4.69, 9.17) is 0 Å². The topological polar surface area (TPSA) is 34.1 Å². The third-order valence-corrected chi connectivity index (χ3v) is 2.87. The molecule has 0 saturated carbocycles. The molecule has 0 aromatic heterocycles. The Morgan fingerprint density at radius 1 is 1.06 bits per heavy atom. The number of hydrogen-bond acceptors (Lipinski definition) is 2. The molecule has 2 nitrogen and oxygen atoms in total. The first kappa shape index (κ1) is 12.6. The molecule has 0 atom stereocenters. The Labute approximate surface area is 96.7 Å². The highest BCUT2D eigenvalue weighted by atomic mass is 16.1. The first-order chi connectivity index (χ1) is 7.69. The smallest absolute Gasteiger partial charge is 0.170 e. The fourth-order valence-electron chi connectivity index (χ4n) is 1.77. The number of carbonyl (C=O) groups is 2. The molecule has 0 amide bonds. The van der Waals surface area contributed by atoms with Gasteiger partial charge < -0.3 is 0 Å². The van der Waals surface area contributed by atoms with E-state index in [1.54, 1.807) is 12.1 Å². The number of hydrogen-bond donors (Lipinski definition) is 0. The second-order valence-electron chi connectivity index (χ2n) is 3.95. The summed E-state index contributed by atoms with van der Waals surface area (Å²) in [4.78, 5) is 23.5. The number of rotatable bonds is 6. The minimum atomic E-state index is -0.0718. The van der Waals surface area contributed by atoms with Crippen LogP contribution in [0.3, 0.4) is 0 Å². The van der Waals surface area contributed by atoms with E-state index in [-0.39, 0.29) is 23.9 Å². The van der Waals surface area contributed by atoms with Crippen LogP contribution in [0.15, 0.2) is 30.3 Å². The first-order valence-electron chi connectivity index (χ1n) is 5.80. The summed E-state index contributed by atoms with van der Waals surface area (Å²) in [7, 11) is 0. The third kappa shape index (κ3) is 3.30. The van der Waals surface area contributed by atoms with E-state index in [1.165, 1.54) is 0 Å². The molecule has 2 heteroatoms. The zero-order chi connectivity index (χ0) is 12.0. The van der Waals surface area contributed by atoms with Crippen LogP contribution in [0.5, 0.6) is 0 Å². The summed E-state index contributed by atoms with van der Waals surface area (Å²) < 4.78 is 0. The van der Waals surface area contributed by atoms with Gasteiger partial charge in [0.05, 0.1) is 6.42 Å². The van der Waals surface area contributed by atoms with E-state index in [1.807, 2.05) is 32.0 Å². The molecule has 86 valence electrons. The van der Waals surface area contributed by atoms with Crippen LogP contribution in [-0.4, -0.2) is 11.6 Å². The van der Waals surface area contributed by atoms with Crippen molar-refractivity contribution < 1.29 is 9.59 Å². The number of Topliss-reactive ketones (excluding diaryl/α,β-unsaturated/α-hetero) is 2. The van der Waals surface area contributed by atoms with E-state index in [9.17, 15) is 9.59 Å². The highest BCUT2D eigenvalue weighted by Gasteiger charge is 2.18. The van der Waals surface area contributed by atoms with Gasteiger partial charge in [0.2, 0.25) is 0 Å². The summed E-state index contributed by atoms with van der Waals surface area (Å²) in [6, 6.07) is 8.99. The minimum absolute atomic E-state index is 0.0349. The highest BCUT2D eigenvalue weighted by Crippen LogP contribution is 2.13. The van der Waals surface area contributed by atoms with E-state index in [2.05, 4.69) is 0 Å². The molecule has 1 aromatic rings. The molecule has 0 fully saturated rings. The zero-order valence-electron chi connectivity index (χ0n) is 9.90. The fourth-order valence-corrected chi connectivity index (χ4v) is 1.77. The second-order valence-corrected chi connectivity index (χ2v) is 3.95. The van der Waals surface area contributed by atoms with Crippen molar-refractivity contribution in [3.8, 4) is 0 Å². The van der Waals surface area contributed by atoms with Crippen molar-refractivity contribution >= 4 is 11.6 Å². The lowest BCUT2D eigenvalue weighted by Crippen LogP contribution is -2.17. The lowest BCUT2D eigenvalue weighted by atomic mass is 9.93. The SMILES string of the molecule is CCC(CC)C(=O)CC(=O)c1ccccc1. The van der Waals surface area contributed by atoms with Crippen molar-refractivity contribution in [1.82, 2.24) is 0 Å². The van der Waals surface area contributed by atoms with Crippen molar-refractivity contribution in [3.05, 3.63) is 35.9 Å². The van der Waals surface area contributed by atoms with Gasteiger partial charge >= 0.3 is 0 Å². The molecule has 16 heavy (non-hydrogen) atoms. The lowest BCUT2D eigenvalue weighted by molar-refractivity contribution is -0.122. The average molecular weight is 218 g/mol.